The maximum absolute atomic E-state index is 16.1. The molecule has 0 N–H and O–H groups in total. The lowest BCUT2D eigenvalue weighted by Crippen LogP contribution is -2.18. The number of hydrogen-bond acceptors (Lipinski definition) is 8. The second-order valence-electron chi connectivity index (χ2n) is 19.3. The minimum atomic E-state index is -4.53. The van der Waals surface area contributed by atoms with Gasteiger partial charge in [0.05, 0.1) is 0 Å². The molecular weight excluding hydrogens is 967 g/mol. The van der Waals surface area contributed by atoms with Crippen molar-refractivity contribution in [1.29, 1.82) is 0 Å². The normalized spacial score (nSPS) is 12.2. The zero-order valence-electron chi connectivity index (χ0n) is 41.6. The van der Waals surface area contributed by atoms with Gasteiger partial charge in [-0.2, -0.15) is 0 Å². The fourth-order valence-electron chi connectivity index (χ4n) is 8.47. The Balaban J connectivity index is 1.09. The van der Waals surface area contributed by atoms with Gasteiger partial charge in [-0.3, -0.25) is 0 Å². The lowest BCUT2D eigenvalue weighted by atomic mass is 9.82. The van der Waals surface area contributed by atoms with E-state index in [1.54, 1.807) is 24.3 Å². The van der Waals surface area contributed by atoms with Gasteiger partial charge in [0.15, 0.2) is 0 Å². The first kappa shape index (κ1) is 49.4. The zero-order chi connectivity index (χ0) is 50.7. The highest BCUT2D eigenvalue weighted by Crippen LogP contribution is 2.50. The maximum Gasteiger partial charge on any atom is 0.530 e. The Morgan fingerprint density at radius 1 is 0.342 bits per heavy atom. The van der Waals surface area contributed by atoms with Crippen LogP contribution in [0.2, 0.25) is 0 Å². The number of sulfone groups is 1. The van der Waals surface area contributed by atoms with Crippen molar-refractivity contribution < 1.29 is 35.6 Å². The lowest BCUT2D eigenvalue weighted by molar-refractivity contribution is 0.383. The summed E-state index contributed by atoms with van der Waals surface area (Å²) in [5, 5.41) is 8.02. The SMILES string of the molecule is CCC(C)(C)c1ccc(OP(Oc2ccc3ccccc3c2)Oc2ccc3ccccc3c2)c(S(=O)(=O)c2cc(C(C)(C)CC)ccc2OP(Oc2ccc3ccccc3c2)Oc2ccc3ccccc3c2)c1. The summed E-state index contributed by atoms with van der Waals surface area (Å²) < 4.78 is 72.3. The molecule has 0 heterocycles. The molecule has 0 bridgehead atoms. The van der Waals surface area contributed by atoms with Crippen LogP contribution >= 0.6 is 17.2 Å². The molecule has 0 radical (unpaired) electrons. The van der Waals surface area contributed by atoms with Crippen molar-refractivity contribution >= 4 is 70.1 Å². The summed E-state index contributed by atoms with van der Waals surface area (Å²) in [6.07, 6.45) is 1.49. The standard InChI is InChI=1S/C62H56O8P2S/c1-7-61(3,4)51-29-35-57(69-71(65-53-31-25-43-17-9-13-21-47(43)37-53)66-54-32-26-44-18-10-14-22-48(44)38-54)59(41-51)73(63,64)60-42-52(62(5,6)8-2)30-36-58(60)70-72(67-55-33-27-45-19-11-15-23-49(45)39-55)68-56-34-28-46-20-12-16-24-50(46)40-56/h9-42H,7-8H2,1-6H3. The van der Waals surface area contributed by atoms with Crippen LogP contribution in [0.15, 0.2) is 216 Å². The van der Waals surface area contributed by atoms with Gasteiger partial charge in [-0.05, 0) is 151 Å². The molecule has 0 amide bonds. The Morgan fingerprint density at radius 3 is 0.890 bits per heavy atom. The first-order valence-electron chi connectivity index (χ1n) is 24.4. The highest BCUT2D eigenvalue weighted by atomic mass is 32.2. The number of benzene rings is 10. The molecule has 0 aliphatic carbocycles. The molecule has 10 rings (SSSR count). The molecule has 11 heteroatoms. The minimum Gasteiger partial charge on any atom is -0.408 e. The van der Waals surface area contributed by atoms with Crippen molar-refractivity contribution in [1.82, 2.24) is 0 Å². The Labute approximate surface area is 430 Å². The number of hydrogen-bond donors (Lipinski definition) is 0. The van der Waals surface area contributed by atoms with Crippen molar-refractivity contribution in [2.75, 3.05) is 0 Å². The molecule has 10 aromatic rings. The first-order chi connectivity index (χ1) is 35.2. The first-order valence-corrected chi connectivity index (χ1v) is 28.1. The van der Waals surface area contributed by atoms with Gasteiger partial charge in [0.25, 0.3) is 0 Å². The van der Waals surface area contributed by atoms with E-state index in [1.165, 1.54) is 0 Å². The third kappa shape index (κ3) is 11.0. The van der Waals surface area contributed by atoms with Gasteiger partial charge < -0.3 is 27.1 Å². The Kier molecular flexibility index (Phi) is 14.1. The summed E-state index contributed by atoms with van der Waals surface area (Å²) in [5.74, 6) is 2.09. The van der Waals surface area contributed by atoms with E-state index in [9.17, 15) is 0 Å². The van der Waals surface area contributed by atoms with E-state index in [1.807, 2.05) is 182 Å². The molecule has 73 heavy (non-hydrogen) atoms. The number of fused-ring (bicyclic) bond motifs is 4. The van der Waals surface area contributed by atoms with Crippen molar-refractivity contribution in [2.45, 2.75) is 75.0 Å². The van der Waals surface area contributed by atoms with Crippen LogP contribution in [-0.2, 0) is 20.7 Å². The van der Waals surface area contributed by atoms with Gasteiger partial charge in [-0.1, -0.05) is 175 Å². The molecule has 0 saturated carbocycles. The molecule has 0 aliphatic heterocycles. The molecule has 0 saturated heterocycles. The monoisotopic (exact) mass is 1020 g/mol. The topological polar surface area (TPSA) is 89.5 Å². The fraction of sp³-hybridized carbons (Fsp3) is 0.161. The molecule has 0 aromatic heterocycles. The van der Waals surface area contributed by atoms with Crippen molar-refractivity contribution in [2.24, 2.45) is 0 Å². The lowest BCUT2D eigenvalue weighted by Gasteiger charge is -2.27. The second kappa shape index (κ2) is 20.8. The van der Waals surface area contributed by atoms with Crippen LogP contribution in [0.1, 0.15) is 65.5 Å². The Bertz CT molecular complexity index is 3340. The van der Waals surface area contributed by atoms with Gasteiger partial charge in [-0.15, -0.1) is 0 Å². The van der Waals surface area contributed by atoms with Gasteiger partial charge in [-0.25, -0.2) is 8.42 Å². The molecule has 8 nitrogen and oxygen atoms in total. The van der Waals surface area contributed by atoms with Crippen LogP contribution in [0.4, 0.5) is 0 Å². The summed E-state index contributed by atoms with van der Waals surface area (Å²) in [6, 6.07) is 65.7. The molecule has 0 aliphatic rings. The van der Waals surface area contributed by atoms with Crippen LogP contribution in [0, 0.1) is 0 Å². The molecule has 10 aromatic carbocycles. The van der Waals surface area contributed by atoms with Gasteiger partial charge >= 0.3 is 17.2 Å². The molecule has 0 unspecified atom stereocenters. The van der Waals surface area contributed by atoms with Crippen LogP contribution < -0.4 is 27.1 Å². The predicted octanol–water partition coefficient (Wildman–Crippen LogP) is 18.0. The summed E-state index contributed by atoms with van der Waals surface area (Å²) in [6.45, 7) is 12.6. The van der Waals surface area contributed by atoms with Crippen LogP contribution in [-0.4, -0.2) is 8.42 Å². The Morgan fingerprint density at radius 2 is 0.616 bits per heavy atom. The summed E-state index contributed by atoms with van der Waals surface area (Å²) >= 11 is 0. The fourth-order valence-corrected chi connectivity index (χ4v) is 12.1. The summed E-state index contributed by atoms with van der Waals surface area (Å²) in [5.41, 5.74) is 0.811. The largest absolute Gasteiger partial charge is 0.530 e. The highest BCUT2D eigenvalue weighted by molar-refractivity contribution is 7.91. The van der Waals surface area contributed by atoms with E-state index < -0.39 is 37.9 Å². The third-order valence-electron chi connectivity index (χ3n) is 13.7. The maximum atomic E-state index is 16.1. The predicted molar refractivity (Wildman–Crippen MR) is 298 cm³/mol. The number of rotatable bonds is 18. The molecular formula is C62H56O8P2S. The second-order valence-corrected chi connectivity index (χ2v) is 23.2. The van der Waals surface area contributed by atoms with E-state index in [0.717, 1.165) is 67.1 Å². The van der Waals surface area contributed by atoms with Gasteiger partial charge in [0.1, 0.15) is 44.3 Å². The average molecular weight is 1020 g/mol. The average Bonchev–Trinajstić information content (AvgIpc) is 3.40. The van der Waals surface area contributed by atoms with E-state index in [-0.39, 0.29) is 21.3 Å². The third-order valence-corrected chi connectivity index (χ3v) is 17.7. The smallest absolute Gasteiger partial charge is 0.408 e. The van der Waals surface area contributed by atoms with Crippen molar-refractivity contribution in [3.05, 3.63) is 217 Å². The highest BCUT2D eigenvalue weighted by Gasteiger charge is 2.35. The Hall–Kier alpha value is -7.15. The quantitative estimate of drug-likeness (QED) is 0.0785. The molecule has 368 valence electrons. The van der Waals surface area contributed by atoms with Crippen molar-refractivity contribution in [3.63, 3.8) is 0 Å². The molecule has 0 atom stereocenters. The summed E-state index contributed by atoms with van der Waals surface area (Å²) in [7, 11) is -9.21. The van der Waals surface area contributed by atoms with Crippen LogP contribution in [0.25, 0.3) is 43.1 Å². The van der Waals surface area contributed by atoms with Gasteiger partial charge in [0, 0.05) is 0 Å². The van der Waals surface area contributed by atoms with Crippen LogP contribution in [0.3, 0.4) is 0 Å². The molecule has 0 spiro atoms. The van der Waals surface area contributed by atoms with E-state index in [0.29, 0.717) is 23.0 Å². The zero-order valence-corrected chi connectivity index (χ0v) is 44.2. The summed E-state index contributed by atoms with van der Waals surface area (Å²) in [4.78, 5) is -0.149. The van der Waals surface area contributed by atoms with E-state index >= 15 is 8.42 Å². The van der Waals surface area contributed by atoms with Crippen molar-refractivity contribution in [3.8, 4) is 34.5 Å². The van der Waals surface area contributed by atoms with E-state index in [2.05, 4.69) is 41.5 Å². The van der Waals surface area contributed by atoms with Gasteiger partial charge in [0.2, 0.25) is 9.84 Å². The molecule has 0 fully saturated rings. The van der Waals surface area contributed by atoms with Crippen LogP contribution in [0.5, 0.6) is 34.5 Å². The minimum absolute atomic E-state index is 0.0524. The van der Waals surface area contributed by atoms with E-state index in [4.69, 9.17) is 27.1 Å².